The van der Waals surface area contributed by atoms with E-state index in [1.807, 2.05) is 6.08 Å². The number of hydrogen-bond donors (Lipinski definition) is 1. The van der Waals surface area contributed by atoms with Gasteiger partial charge in [-0.2, -0.15) is 0 Å². The standard InChI is InChI=1S/C14H18N2O3/c1-2-3-4-5-6-10-15-14(17)12-8-7-9-13(11-12)16(18)19/h6-11H,2-5H2,1H3,(H,15,17)/b10-6+. The number of unbranched alkanes of at least 4 members (excludes halogenated alkanes) is 3. The fourth-order valence-electron chi connectivity index (χ4n) is 1.57. The molecule has 0 aromatic heterocycles. The molecule has 0 saturated heterocycles. The lowest BCUT2D eigenvalue weighted by Gasteiger charge is -2.00. The molecule has 1 rings (SSSR count). The van der Waals surface area contributed by atoms with E-state index in [2.05, 4.69) is 12.2 Å². The highest BCUT2D eigenvalue weighted by Gasteiger charge is 2.09. The molecule has 0 aliphatic heterocycles. The van der Waals surface area contributed by atoms with E-state index in [0.29, 0.717) is 0 Å². The first-order valence-electron chi connectivity index (χ1n) is 6.35. The Morgan fingerprint density at radius 1 is 1.42 bits per heavy atom. The van der Waals surface area contributed by atoms with E-state index in [4.69, 9.17) is 0 Å². The monoisotopic (exact) mass is 262 g/mol. The van der Waals surface area contributed by atoms with Gasteiger partial charge in [0, 0.05) is 23.9 Å². The van der Waals surface area contributed by atoms with Crippen LogP contribution >= 0.6 is 0 Å². The lowest BCUT2D eigenvalue weighted by atomic mass is 10.2. The largest absolute Gasteiger partial charge is 0.329 e. The molecule has 102 valence electrons. The second-order valence-electron chi connectivity index (χ2n) is 4.18. The van der Waals surface area contributed by atoms with Gasteiger partial charge < -0.3 is 5.32 Å². The number of amides is 1. The van der Waals surface area contributed by atoms with Crippen LogP contribution in [0.15, 0.2) is 36.5 Å². The molecule has 1 amide bonds. The molecular weight excluding hydrogens is 244 g/mol. The van der Waals surface area contributed by atoms with Crippen molar-refractivity contribution in [2.45, 2.75) is 32.6 Å². The third-order valence-corrected chi connectivity index (χ3v) is 2.63. The Kier molecular flexibility index (Phi) is 6.29. The van der Waals surface area contributed by atoms with E-state index in [1.165, 1.54) is 24.6 Å². The molecule has 1 N–H and O–H groups in total. The van der Waals surface area contributed by atoms with Crippen molar-refractivity contribution < 1.29 is 9.72 Å². The first-order chi connectivity index (χ1) is 9.15. The van der Waals surface area contributed by atoms with Crippen molar-refractivity contribution in [1.82, 2.24) is 5.32 Å². The number of non-ortho nitro benzene ring substituents is 1. The Bertz CT molecular complexity index is 470. The van der Waals surface area contributed by atoms with Crippen LogP contribution in [-0.2, 0) is 0 Å². The van der Waals surface area contributed by atoms with Gasteiger partial charge in [-0.15, -0.1) is 0 Å². The number of nitrogens with zero attached hydrogens (tertiary/aromatic N) is 1. The van der Waals surface area contributed by atoms with Gasteiger partial charge in [0.2, 0.25) is 0 Å². The van der Waals surface area contributed by atoms with E-state index in [1.54, 1.807) is 12.3 Å². The summed E-state index contributed by atoms with van der Waals surface area (Å²) in [4.78, 5) is 21.8. The number of allylic oxidation sites excluding steroid dienone is 1. The third kappa shape index (κ3) is 5.33. The topological polar surface area (TPSA) is 72.2 Å². The highest BCUT2D eigenvalue weighted by molar-refractivity contribution is 5.95. The summed E-state index contributed by atoms with van der Waals surface area (Å²) in [6, 6.07) is 5.67. The van der Waals surface area contributed by atoms with Crippen molar-refractivity contribution in [3.63, 3.8) is 0 Å². The predicted octanol–water partition coefficient (Wildman–Crippen LogP) is 3.42. The van der Waals surface area contributed by atoms with E-state index in [9.17, 15) is 14.9 Å². The summed E-state index contributed by atoms with van der Waals surface area (Å²) in [5, 5.41) is 13.2. The number of benzene rings is 1. The summed E-state index contributed by atoms with van der Waals surface area (Å²) in [6.45, 7) is 2.13. The molecule has 0 unspecified atom stereocenters. The minimum Gasteiger partial charge on any atom is -0.329 e. The Hall–Kier alpha value is -2.17. The van der Waals surface area contributed by atoms with Crippen LogP contribution in [-0.4, -0.2) is 10.8 Å². The van der Waals surface area contributed by atoms with E-state index >= 15 is 0 Å². The van der Waals surface area contributed by atoms with Crippen LogP contribution in [0.4, 0.5) is 5.69 Å². The minimum atomic E-state index is -0.517. The van der Waals surface area contributed by atoms with Crippen molar-refractivity contribution in [2.75, 3.05) is 0 Å². The van der Waals surface area contributed by atoms with Crippen LogP contribution in [0.1, 0.15) is 43.0 Å². The minimum absolute atomic E-state index is 0.0837. The average Bonchev–Trinajstić information content (AvgIpc) is 2.42. The van der Waals surface area contributed by atoms with Crippen LogP contribution in [0.25, 0.3) is 0 Å². The van der Waals surface area contributed by atoms with E-state index in [-0.39, 0.29) is 17.2 Å². The fraction of sp³-hybridized carbons (Fsp3) is 0.357. The second kappa shape index (κ2) is 8.02. The number of rotatable bonds is 7. The molecule has 0 aliphatic rings. The lowest BCUT2D eigenvalue weighted by molar-refractivity contribution is -0.384. The zero-order chi connectivity index (χ0) is 14.1. The van der Waals surface area contributed by atoms with E-state index in [0.717, 1.165) is 19.3 Å². The predicted molar refractivity (Wildman–Crippen MR) is 73.8 cm³/mol. The maximum atomic E-state index is 11.7. The van der Waals surface area contributed by atoms with Crippen LogP contribution < -0.4 is 5.32 Å². The average molecular weight is 262 g/mol. The van der Waals surface area contributed by atoms with Crippen LogP contribution in [0, 0.1) is 10.1 Å². The van der Waals surface area contributed by atoms with Crippen molar-refractivity contribution in [3.8, 4) is 0 Å². The molecule has 0 radical (unpaired) electrons. The zero-order valence-corrected chi connectivity index (χ0v) is 11.0. The number of hydrogen-bond acceptors (Lipinski definition) is 3. The number of nitrogens with one attached hydrogen (secondary N) is 1. The maximum absolute atomic E-state index is 11.7. The molecule has 1 aromatic carbocycles. The van der Waals surface area contributed by atoms with Crippen LogP contribution in [0.3, 0.4) is 0 Å². The second-order valence-corrected chi connectivity index (χ2v) is 4.18. The summed E-state index contributed by atoms with van der Waals surface area (Å²) in [5.41, 5.74) is 0.201. The number of carbonyl (C=O) groups excluding carboxylic acids is 1. The highest BCUT2D eigenvalue weighted by atomic mass is 16.6. The molecule has 0 heterocycles. The maximum Gasteiger partial charge on any atom is 0.270 e. The van der Waals surface area contributed by atoms with Gasteiger partial charge in [0.1, 0.15) is 0 Å². The quantitative estimate of drug-likeness (QED) is 0.465. The van der Waals surface area contributed by atoms with Crippen LogP contribution in [0.2, 0.25) is 0 Å². The number of nitro benzene ring substituents is 1. The summed E-state index contributed by atoms with van der Waals surface area (Å²) in [6.07, 6.45) is 7.83. The van der Waals surface area contributed by atoms with Crippen molar-refractivity contribution in [1.29, 1.82) is 0 Å². The van der Waals surface area contributed by atoms with Gasteiger partial charge in [0.05, 0.1) is 4.92 Å². The van der Waals surface area contributed by atoms with Gasteiger partial charge in [0.15, 0.2) is 0 Å². The molecular formula is C14H18N2O3. The normalized spacial score (nSPS) is 10.6. The number of nitro groups is 1. The molecule has 1 aromatic rings. The van der Waals surface area contributed by atoms with E-state index < -0.39 is 4.92 Å². The first kappa shape index (κ1) is 14.9. The molecule has 0 fully saturated rings. The molecule has 0 saturated carbocycles. The fourth-order valence-corrected chi connectivity index (χ4v) is 1.57. The smallest absolute Gasteiger partial charge is 0.270 e. The van der Waals surface area contributed by atoms with Gasteiger partial charge in [0.25, 0.3) is 11.6 Å². The summed E-state index contributed by atoms with van der Waals surface area (Å²) in [5.74, 6) is -0.338. The summed E-state index contributed by atoms with van der Waals surface area (Å²) in [7, 11) is 0. The Morgan fingerprint density at radius 3 is 2.89 bits per heavy atom. The SMILES string of the molecule is CCCCC/C=C/NC(=O)c1cccc([N+](=O)[O-])c1. The van der Waals surface area contributed by atoms with Gasteiger partial charge in [-0.3, -0.25) is 14.9 Å². The Balaban J connectivity index is 2.49. The van der Waals surface area contributed by atoms with Crippen LogP contribution in [0.5, 0.6) is 0 Å². The molecule has 0 bridgehead atoms. The van der Waals surface area contributed by atoms with Gasteiger partial charge in [-0.25, -0.2) is 0 Å². The molecule has 0 aliphatic carbocycles. The zero-order valence-electron chi connectivity index (χ0n) is 11.0. The number of carbonyl (C=O) groups is 1. The van der Waals surface area contributed by atoms with Gasteiger partial charge in [-0.1, -0.05) is 31.9 Å². The molecule has 0 atom stereocenters. The molecule has 0 spiro atoms. The molecule has 5 nitrogen and oxygen atoms in total. The summed E-state index contributed by atoms with van der Waals surface area (Å²) >= 11 is 0. The summed E-state index contributed by atoms with van der Waals surface area (Å²) < 4.78 is 0. The Morgan fingerprint density at radius 2 is 2.21 bits per heavy atom. The van der Waals surface area contributed by atoms with Crippen molar-refractivity contribution >= 4 is 11.6 Å². The lowest BCUT2D eigenvalue weighted by Crippen LogP contribution is -2.16. The van der Waals surface area contributed by atoms with Gasteiger partial charge in [-0.05, 0) is 18.9 Å². The molecule has 19 heavy (non-hydrogen) atoms. The van der Waals surface area contributed by atoms with Gasteiger partial charge >= 0.3 is 0 Å². The van der Waals surface area contributed by atoms with Crippen molar-refractivity contribution in [2.24, 2.45) is 0 Å². The Labute approximate surface area is 112 Å². The first-order valence-corrected chi connectivity index (χ1v) is 6.35. The molecule has 5 heteroatoms. The van der Waals surface area contributed by atoms with Crippen molar-refractivity contribution in [3.05, 3.63) is 52.2 Å². The third-order valence-electron chi connectivity index (χ3n) is 2.63. The highest BCUT2D eigenvalue weighted by Crippen LogP contribution is 2.12.